The van der Waals surface area contributed by atoms with Gasteiger partial charge in [-0.2, -0.15) is 0 Å². The van der Waals surface area contributed by atoms with Crippen LogP contribution in [0.25, 0.3) is 0 Å². The second-order valence-corrected chi connectivity index (χ2v) is 5.24. The van der Waals surface area contributed by atoms with Crippen LogP contribution in [-0.2, 0) is 43.4 Å². The van der Waals surface area contributed by atoms with Gasteiger partial charge < -0.3 is 18.6 Å². The van der Waals surface area contributed by atoms with Crippen molar-refractivity contribution in [3.63, 3.8) is 0 Å². The average molecular weight is 336 g/mol. The van der Waals surface area contributed by atoms with E-state index in [0.717, 1.165) is 7.11 Å². The lowest BCUT2D eigenvalue weighted by atomic mass is 10.2. The molecule has 0 aromatic carbocycles. The van der Waals surface area contributed by atoms with E-state index in [4.69, 9.17) is 4.74 Å². The topological polar surface area (TPSA) is 168 Å². The Hall–Kier alpha value is -0.830. The Morgan fingerprint density at radius 3 is 1.95 bits per heavy atom. The zero-order chi connectivity index (χ0) is 15.8. The van der Waals surface area contributed by atoms with E-state index in [-0.39, 0.29) is 6.42 Å². The Morgan fingerprint density at radius 2 is 1.50 bits per heavy atom. The number of ether oxygens (including phenoxy) is 2. The number of carbonyl (C=O) groups is 1. The monoisotopic (exact) mass is 336 g/mol. The molecule has 0 saturated carbocycles. The van der Waals surface area contributed by atoms with Gasteiger partial charge in [-0.25, -0.2) is 21.6 Å². The SMILES string of the molecule is COC(=O)C(CCOS(=O)(=O)[O-])OCCOS(=O)(=O)[O-]. The fourth-order valence-electron chi connectivity index (χ4n) is 0.984. The van der Waals surface area contributed by atoms with Gasteiger partial charge in [0.05, 0.1) is 26.9 Å². The van der Waals surface area contributed by atoms with Crippen LogP contribution in [-0.4, -0.2) is 64.9 Å². The second kappa shape index (κ2) is 8.46. The van der Waals surface area contributed by atoms with Crippen LogP contribution in [0.2, 0.25) is 0 Å². The normalized spacial score (nSPS) is 13.9. The Kier molecular flexibility index (Phi) is 8.10. The lowest BCUT2D eigenvalue weighted by molar-refractivity contribution is -0.155. The summed E-state index contributed by atoms with van der Waals surface area (Å²) in [7, 11) is -8.75. The molecule has 0 aromatic heterocycles. The van der Waals surface area contributed by atoms with Gasteiger partial charge in [0.25, 0.3) is 0 Å². The summed E-state index contributed by atoms with van der Waals surface area (Å²) in [6, 6.07) is 0. The Morgan fingerprint density at radius 1 is 1.00 bits per heavy atom. The van der Waals surface area contributed by atoms with Crippen molar-refractivity contribution in [2.75, 3.05) is 26.9 Å². The summed E-state index contributed by atoms with van der Waals surface area (Å²) >= 11 is 0. The number of carbonyl (C=O) groups excluding carboxylic acids is 1. The van der Waals surface area contributed by atoms with E-state index in [0.29, 0.717) is 0 Å². The summed E-state index contributed by atoms with van der Waals surface area (Å²) < 4.78 is 77.6. The van der Waals surface area contributed by atoms with Crippen molar-refractivity contribution in [1.29, 1.82) is 0 Å². The molecule has 0 aromatic rings. The number of rotatable bonds is 10. The molecule has 0 spiro atoms. The quantitative estimate of drug-likeness (QED) is 0.185. The van der Waals surface area contributed by atoms with Crippen LogP contribution in [0.1, 0.15) is 6.42 Å². The molecule has 0 radical (unpaired) electrons. The Bertz CT molecular complexity index is 493. The standard InChI is InChI=1S/C7H14O11S2/c1-15-7(8)6(2-3-17-19(9,10)11)16-4-5-18-20(12,13)14/h6H,2-5H2,1H3,(H,9,10,11)(H,12,13,14)/p-2. The highest BCUT2D eigenvalue weighted by Crippen LogP contribution is 2.03. The van der Waals surface area contributed by atoms with Crippen molar-refractivity contribution in [2.45, 2.75) is 12.5 Å². The molecule has 0 aliphatic heterocycles. The molecule has 0 aliphatic carbocycles. The van der Waals surface area contributed by atoms with Crippen LogP contribution < -0.4 is 0 Å². The first-order chi connectivity index (χ1) is 9.05. The first kappa shape index (κ1) is 19.2. The van der Waals surface area contributed by atoms with E-state index in [9.17, 15) is 30.7 Å². The van der Waals surface area contributed by atoms with Crippen molar-refractivity contribution in [3.05, 3.63) is 0 Å². The summed E-state index contributed by atoms with van der Waals surface area (Å²) in [6.07, 6.45) is -1.64. The maximum absolute atomic E-state index is 11.2. The molecule has 0 amide bonds. The molecule has 1 atom stereocenters. The van der Waals surface area contributed by atoms with E-state index in [1.165, 1.54) is 0 Å². The summed E-state index contributed by atoms with van der Waals surface area (Å²) in [6.45, 7) is -1.72. The second-order valence-electron chi connectivity index (χ2n) is 3.13. The minimum absolute atomic E-state index is 0.335. The molecule has 0 heterocycles. The molecular formula is C7H12O11S2-2. The van der Waals surface area contributed by atoms with Gasteiger partial charge in [0.15, 0.2) is 6.10 Å². The fourth-order valence-corrected chi connectivity index (χ4v) is 1.56. The van der Waals surface area contributed by atoms with Crippen LogP contribution in [0, 0.1) is 0 Å². The third kappa shape index (κ3) is 11.0. The van der Waals surface area contributed by atoms with E-state index in [2.05, 4.69) is 13.1 Å². The molecule has 0 bridgehead atoms. The Labute approximate surface area is 115 Å². The maximum Gasteiger partial charge on any atom is 0.335 e. The van der Waals surface area contributed by atoms with E-state index in [1.807, 2.05) is 0 Å². The zero-order valence-corrected chi connectivity index (χ0v) is 11.8. The lowest BCUT2D eigenvalue weighted by Gasteiger charge is -2.16. The van der Waals surface area contributed by atoms with Gasteiger partial charge in [-0.1, -0.05) is 0 Å². The minimum Gasteiger partial charge on any atom is -0.726 e. The first-order valence-corrected chi connectivity index (χ1v) is 7.62. The molecule has 11 nitrogen and oxygen atoms in total. The van der Waals surface area contributed by atoms with Crippen molar-refractivity contribution in [3.8, 4) is 0 Å². The van der Waals surface area contributed by atoms with Crippen LogP contribution in [0.15, 0.2) is 0 Å². The predicted octanol–water partition coefficient (Wildman–Crippen LogP) is -2.11. The number of methoxy groups -OCH3 is 1. The van der Waals surface area contributed by atoms with E-state index in [1.54, 1.807) is 0 Å². The highest BCUT2D eigenvalue weighted by atomic mass is 32.3. The van der Waals surface area contributed by atoms with Crippen molar-refractivity contribution < 1.29 is 48.6 Å². The highest BCUT2D eigenvalue weighted by molar-refractivity contribution is 7.81. The first-order valence-electron chi connectivity index (χ1n) is 4.95. The summed E-state index contributed by atoms with van der Waals surface area (Å²) in [5.41, 5.74) is 0. The third-order valence-electron chi connectivity index (χ3n) is 1.70. The van der Waals surface area contributed by atoms with E-state index < -0.39 is 52.7 Å². The van der Waals surface area contributed by atoms with Gasteiger partial charge >= 0.3 is 5.97 Å². The molecular weight excluding hydrogens is 324 g/mol. The molecule has 0 rings (SSSR count). The average Bonchev–Trinajstić information content (AvgIpc) is 2.28. The van der Waals surface area contributed by atoms with Crippen LogP contribution in [0.5, 0.6) is 0 Å². The fraction of sp³-hybridized carbons (Fsp3) is 0.857. The molecule has 1 unspecified atom stereocenters. The van der Waals surface area contributed by atoms with Gasteiger partial charge in [-0.15, -0.1) is 0 Å². The largest absolute Gasteiger partial charge is 0.726 e. The van der Waals surface area contributed by atoms with Gasteiger partial charge in [-0.3, -0.25) is 8.37 Å². The molecule has 0 fully saturated rings. The summed E-state index contributed by atoms with van der Waals surface area (Å²) in [5, 5.41) is 0. The third-order valence-corrected chi connectivity index (χ3v) is 2.61. The highest BCUT2D eigenvalue weighted by Gasteiger charge is 2.20. The predicted molar refractivity (Wildman–Crippen MR) is 57.7 cm³/mol. The van der Waals surface area contributed by atoms with Crippen molar-refractivity contribution >= 4 is 26.8 Å². The van der Waals surface area contributed by atoms with Crippen molar-refractivity contribution in [1.82, 2.24) is 0 Å². The van der Waals surface area contributed by atoms with Crippen LogP contribution in [0.4, 0.5) is 0 Å². The molecule has 20 heavy (non-hydrogen) atoms. The molecule has 13 heteroatoms. The van der Waals surface area contributed by atoms with Crippen molar-refractivity contribution in [2.24, 2.45) is 0 Å². The summed E-state index contributed by atoms with van der Waals surface area (Å²) in [4.78, 5) is 11.2. The van der Waals surface area contributed by atoms with Gasteiger partial charge in [0, 0.05) is 6.42 Å². The van der Waals surface area contributed by atoms with E-state index >= 15 is 0 Å². The van der Waals surface area contributed by atoms with Gasteiger partial charge in [0.2, 0.25) is 20.8 Å². The molecule has 0 aliphatic rings. The van der Waals surface area contributed by atoms with Crippen LogP contribution >= 0.6 is 0 Å². The number of hydrogen-bond donors (Lipinski definition) is 0. The van der Waals surface area contributed by atoms with Crippen LogP contribution in [0.3, 0.4) is 0 Å². The minimum atomic E-state index is -4.90. The van der Waals surface area contributed by atoms with Gasteiger partial charge in [0.1, 0.15) is 0 Å². The number of esters is 1. The lowest BCUT2D eigenvalue weighted by Crippen LogP contribution is -2.29. The smallest absolute Gasteiger partial charge is 0.335 e. The molecule has 120 valence electrons. The summed E-state index contributed by atoms with van der Waals surface area (Å²) in [5.74, 6) is -0.901. The molecule has 0 saturated heterocycles. The number of hydrogen-bond acceptors (Lipinski definition) is 11. The Balaban J connectivity index is 4.19. The maximum atomic E-state index is 11.2. The molecule has 0 N–H and O–H groups in total. The zero-order valence-electron chi connectivity index (χ0n) is 10.2. The van der Waals surface area contributed by atoms with Gasteiger partial charge in [-0.05, 0) is 0 Å².